The SMILES string of the molecule is CC(O)C(=O)NCc1ccccc1C(N)=O. The molecule has 1 aromatic carbocycles. The lowest BCUT2D eigenvalue weighted by molar-refractivity contribution is -0.128. The van der Waals surface area contributed by atoms with Crippen molar-refractivity contribution in [2.24, 2.45) is 5.73 Å². The smallest absolute Gasteiger partial charge is 0.249 e. The predicted molar refractivity (Wildman–Crippen MR) is 58.5 cm³/mol. The van der Waals surface area contributed by atoms with E-state index in [2.05, 4.69) is 5.32 Å². The Morgan fingerprint density at radius 1 is 1.44 bits per heavy atom. The molecule has 1 rings (SSSR count). The monoisotopic (exact) mass is 222 g/mol. The van der Waals surface area contributed by atoms with Gasteiger partial charge in [-0.2, -0.15) is 0 Å². The van der Waals surface area contributed by atoms with Crippen LogP contribution in [0.1, 0.15) is 22.8 Å². The molecule has 4 N–H and O–H groups in total. The van der Waals surface area contributed by atoms with E-state index in [-0.39, 0.29) is 6.54 Å². The molecular formula is C11H14N2O3. The molecule has 2 amide bonds. The lowest BCUT2D eigenvalue weighted by atomic mass is 10.1. The summed E-state index contributed by atoms with van der Waals surface area (Å²) < 4.78 is 0. The van der Waals surface area contributed by atoms with Gasteiger partial charge in [0, 0.05) is 12.1 Å². The quantitative estimate of drug-likeness (QED) is 0.657. The van der Waals surface area contributed by atoms with Crippen LogP contribution in [0.15, 0.2) is 24.3 Å². The van der Waals surface area contributed by atoms with Crippen LogP contribution in [0.2, 0.25) is 0 Å². The molecule has 0 aromatic heterocycles. The first kappa shape index (κ1) is 12.2. The maximum atomic E-state index is 11.1. The largest absolute Gasteiger partial charge is 0.384 e. The number of aliphatic hydroxyl groups is 1. The van der Waals surface area contributed by atoms with E-state index >= 15 is 0 Å². The molecule has 0 saturated carbocycles. The third kappa shape index (κ3) is 3.06. The van der Waals surface area contributed by atoms with Crippen LogP contribution in [-0.2, 0) is 11.3 Å². The maximum Gasteiger partial charge on any atom is 0.249 e. The normalized spacial score (nSPS) is 11.9. The third-order valence-electron chi connectivity index (χ3n) is 2.12. The Balaban J connectivity index is 2.74. The van der Waals surface area contributed by atoms with E-state index in [1.54, 1.807) is 24.3 Å². The molecule has 0 spiro atoms. The van der Waals surface area contributed by atoms with E-state index in [4.69, 9.17) is 10.8 Å². The first-order valence-electron chi connectivity index (χ1n) is 4.86. The Hall–Kier alpha value is -1.88. The average molecular weight is 222 g/mol. The van der Waals surface area contributed by atoms with Crippen LogP contribution >= 0.6 is 0 Å². The van der Waals surface area contributed by atoms with E-state index < -0.39 is 17.9 Å². The fourth-order valence-corrected chi connectivity index (χ4v) is 1.24. The molecule has 5 heteroatoms. The summed E-state index contributed by atoms with van der Waals surface area (Å²) in [6, 6.07) is 6.73. The summed E-state index contributed by atoms with van der Waals surface area (Å²) in [6.45, 7) is 1.54. The van der Waals surface area contributed by atoms with Crippen LogP contribution in [0.5, 0.6) is 0 Å². The van der Waals surface area contributed by atoms with Gasteiger partial charge in [0.15, 0.2) is 0 Å². The van der Waals surface area contributed by atoms with E-state index in [0.717, 1.165) is 0 Å². The van der Waals surface area contributed by atoms with E-state index in [1.165, 1.54) is 6.92 Å². The number of carbonyl (C=O) groups excluding carboxylic acids is 2. The molecule has 0 radical (unpaired) electrons. The number of amides is 2. The zero-order valence-electron chi connectivity index (χ0n) is 8.93. The molecule has 86 valence electrons. The number of carbonyl (C=O) groups is 2. The highest BCUT2D eigenvalue weighted by Gasteiger charge is 2.10. The second kappa shape index (κ2) is 5.27. The van der Waals surface area contributed by atoms with Crippen molar-refractivity contribution in [1.29, 1.82) is 0 Å². The first-order valence-corrected chi connectivity index (χ1v) is 4.86. The second-order valence-electron chi connectivity index (χ2n) is 3.42. The van der Waals surface area contributed by atoms with Gasteiger partial charge in [-0.15, -0.1) is 0 Å². The van der Waals surface area contributed by atoms with Crippen molar-refractivity contribution in [2.45, 2.75) is 19.6 Å². The van der Waals surface area contributed by atoms with Crippen LogP contribution in [0.3, 0.4) is 0 Å². The Kier molecular flexibility index (Phi) is 4.02. The number of benzene rings is 1. The fraction of sp³-hybridized carbons (Fsp3) is 0.273. The van der Waals surface area contributed by atoms with Crippen molar-refractivity contribution in [3.63, 3.8) is 0 Å². The van der Waals surface area contributed by atoms with E-state index in [9.17, 15) is 9.59 Å². The fourth-order valence-electron chi connectivity index (χ4n) is 1.24. The summed E-state index contributed by atoms with van der Waals surface area (Å²) in [4.78, 5) is 22.2. The minimum Gasteiger partial charge on any atom is -0.384 e. The van der Waals surface area contributed by atoms with Gasteiger partial charge in [-0.05, 0) is 18.6 Å². The summed E-state index contributed by atoms with van der Waals surface area (Å²) in [5.41, 5.74) is 6.18. The number of nitrogens with one attached hydrogen (secondary N) is 1. The molecule has 1 atom stereocenters. The number of aliphatic hydroxyl groups excluding tert-OH is 1. The first-order chi connectivity index (χ1) is 7.52. The summed E-state index contributed by atoms with van der Waals surface area (Å²) in [6.07, 6.45) is -1.07. The number of hydrogen-bond donors (Lipinski definition) is 3. The zero-order chi connectivity index (χ0) is 12.1. The van der Waals surface area contributed by atoms with Crippen molar-refractivity contribution in [2.75, 3.05) is 0 Å². The molecule has 16 heavy (non-hydrogen) atoms. The van der Waals surface area contributed by atoms with Crippen LogP contribution in [0.4, 0.5) is 0 Å². The topological polar surface area (TPSA) is 92.4 Å². The molecule has 0 fully saturated rings. The van der Waals surface area contributed by atoms with Gasteiger partial charge in [-0.3, -0.25) is 9.59 Å². The van der Waals surface area contributed by atoms with Gasteiger partial charge >= 0.3 is 0 Å². The van der Waals surface area contributed by atoms with E-state index in [1.807, 2.05) is 0 Å². The predicted octanol–water partition coefficient (Wildman–Crippen LogP) is -0.218. The maximum absolute atomic E-state index is 11.1. The van der Waals surface area contributed by atoms with Gasteiger partial charge in [0.1, 0.15) is 6.10 Å². The number of nitrogens with two attached hydrogens (primary N) is 1. The standard InChI is InChI=1S/C11H14N2O3/c1-7(14)11(16)13-6-8-4-2-3-5-9(8)10(12)15/h2-5,7,14H,6H2,1H3,(H2,12,15)(H,13,16). The van der Waals surface area contributed by atoms with Crippen LogP contribution in [0, 0.1) is 0 Å². The van der Waals surface area contributed by atoms with Gasteiger partial charge < -0.3 is 16.2 Å². The molecule has 0 bridgehead atoms. The Bertz CT molecular complexity index is 402. The highest BCUT2D eigenvalue weighted by Crippen LogP contribution is 2.07. The summed E-state index contributed by atoms with van der Waals surface area (Å²) in [7, 11) is 0. The van der Waals surface area contributed by atoms with Crippen LogP contribution < -0.4 is 11.1 Å². The molecule has 1 aromatic rings. The highest BCUT2D eigenvalue weighted by atomic mass is 16.3. The van der Waals surface area contributed by atoms with Gasteiger partial charge in [0.2, 0.25) is 11.8 Å². The second-order valence-corrected chi connectivity index (χ2v) is 3.42. The lowest BCUT2D eigenvalue weighted by Crippen LogP contribution is -2.32. The number of rotatable bonds is 4. The molecule has 0 saturated heterocycles. The van der Waals surface area contributed by atoms with Crippen molar-refractivity contribution in [1.82, 2.24) is 5.32 Å². The van der Waals surface area contributed by atoms with Crippen molar-refractivity contribution < 1.29 is 14.7 Å². The van der Waals surface area contributed by atoms with Crippen molar-refractivity contribution >= 4 is 11.8 Å². The summed E-state index contributed by atoms with van der Waals surface area (Å²) in [5.74, 6) is -1.03. The molecule has 5 nitrogen and oxygen atoms in total. The van der Waals surface area contributed by atoms with Crippen LogP contribution in [-0.4, -0.2) is 23.0 Å². The van der Waals surface area contributed by atoms with Crippen molar-refractivity contribution in [3.8, 4) is 0 Å². The summed E-state index contributed by atoms with van der Waals surface area (Å²) >= 11 is 0. The molecule has 0 heterocycles. The molecule has 1 unspecified atom stereocenters. The minimum absolute atomic E-state index is 0.169. The van der Waals surface area contributed by atoms with Crippen LogP contribution in [0.25, 0.3) is 0 Å². The Morgan fingerprint density at radius 3 is 2.62 bits per heavy atom. The summed E-state index contributed by atoms with van der Waals surface area (Å²) in [5, 5.41) is 11.5. The molecular weight excluding hydrogens is 208 g/mol. The van der Waals surface area contributed by atoms with Crippen molar-refractivity contribution in [3.05, 3.63) is 35.4 Å². The Labute approximate surface area is 93.3 Å². The molecule has 0 aliphatic carbocycles. The van der Waals surface area contributed by atoms with Gasteiger partial charge in [0.25, 0.3) is 0 Å². The van der Waals surface area contributed by atoms with E-state index in [0.29, 0.717) is 11.1 Å². The highest BCUT2D eigenvalue weighted by molar-refractivity contribution is 5.94. The van der Waals surface area contributed by atoms with Gasteiger partial charge in [0.05, 0.1) is 0 Å². The molecule has 0 aliphatic heterocycles. The zero-order valence-corrected chi connectivity index (χ0v) is 8.93. The number of hydrogen-bond acceptors (Lipinski definition) is 3. The Morgan fingerprint density at radius 2 is 2.06 bits per heavy atom. The third-order valence-corrected chi connectivity index (χ3v) is 2.12. The van der Waals surface area contributed by atoms with Gasteiger partial charge in [-0.25, -0.2) is 0 Å². The average Bonchev–Trinajstić information content (AvgIpc) is 2.25. The lowest BCUT2D eigenvalue weighted by Gasteiger charge is -2.09. The van der Waals surface area contributed by atoms with Gasteiger partial charge in [-0.1, -0.05) is 18.2 Å². The molecule has 0 aliphatic rings. The number of primary amides is 1. The minimum atomic E-state index is -1.07.